The van der Waals surface area contributed by atoms with E-state index in [9.17, 15) is 9.59 Å². The zero-order chi connectivity index (χ0) is 21.3. The molecule has 162 valence electrons. The fourth-order valence-electron chi connectivity index (χ4n) is 4.38. The summed E-state index contributed by atoms with van der Waals surface area (Å²) in [6.45, 7) is 9.10. The van der Waals surface area contributed by atoms with Crippen LogP contribution in [-0.2, 0) is 22.6 Å². The number of amides is 2. The van der Waals surface area contributed by atoms with Crippen LogP contribution in [0, 0.1) is 13.8 Å². The summed E-state index contributed by atoms with van der Waals surface area (Å²) in [7, 11) is 0. The summed E-state index contributed by atoms with van der Waals surface area (Å²) >= 11 is 1.40. The van der Waals surface area contributed by atoms with Crippen LogP contribution in [0.1, 0.15) is 49.6 Å². The number of rotatable bonds is 7. The molecule has 0 radical (unpaired) electrons. The summed E-state index contributed by atoms with van der Waals surface area (Å²) in [5, 5.41) is 17.5. The van der Waals surface area contributed by atoms with Gasteiger partial charge in [-0.15, -0.1) is 10.2 Å². The number of anilines is 2. The van der Waals surface area contributed by atoms with E-state index in [-0.39, 0.29) is 17.9 Å². The van der Waals surface area contributed by atoms with E-state index in [1.54, 1.807) is 4.90 Å². The summed E-state index contributed by atoms with van der Waals surface area (Å²) in [5.41, 5.74) is 3.41. The molecule has 2 aromatic rings. The Labute approximate surface area is 180 Å². The first-order valence-corrected chi connectivity index (χ1v) is 11.5. The fourth-order valence-corrected chi connectivity index (χ4v) is 5.35. The molecule has 10 heteroatoms. The Balaban J connectivity index is 1.37. The van der Waals surface area contributed by atoms with Gasteiger partial charge >= 0.3 is 0 Å². The standard InChI is InChI=1S/C20H29N7O2S/c1-4-27-14(3)15(13(2)24-27)9-10-21-18(29)16-7-5-11-25(16)19-22-23-20(30-19)26-12-6-8-17(26)28/h16H,4-12H2,1-3H3,(H,21,29). The topological polar surface area (TPSA) is 96.2 Å². The smallest absolute Gasteiger partial charge is 0.242 e. The molecule has 9 nitrogen and oxygen atoms in total. The van der Waals surface area contributed by atoms with Gasteiger partial charge in [-0.2, -0.15) is 5.10 Å². The Morgan fingerprint density at radius 2 is 2.00 bits per heavy atom. The lowest BCUT2D eigenvalue weighted by Crippen LogP contribution is -2.44. The molecular weight excluding hydrogens is 402 g/mol. The molecule has 2 amide bonds. The third-order valence-electron chi connectivity index (χ3n) is 6.01. The highest BCUT2D eigenvalue weighted by Gasteiger charge is 2.34. The van der Waals surface area contributed by atoms with Gasteiger partial charge in [0.25, 0.3) is 0 Å². The number of aryl methyl sites for hydroxylation is 2. The number of carbonyl (C=O) groups excluding carboxylic acids is 2. The van der Waals surface area contributed by atoms with E-state index in [1.807, 2.05) is 16.5 Å². The van der Waals surface area contributed by atoms with Crippen LogP contribution in [-0.4, -0.2) is 57.5 Å². The molecule has 2 fully saturated rings. The van der Waals surface area contributed by atoms with E-state index in [0.717, 1.165) is 49.6 Å². The second-order valence-electron chi connectivity index (χ2n) is 7.87. The minimum absolute atomic E-state index is 0.0275. The van der Waals surface area contributed by atoms with Gasteiger partial charge in [0, 0.05) is 38.3 Å². The maximum atomic E-state index is 12.9. The van der Waals surface area contributed by atoms with Crippen LogP contribution in [0.3, 0.4) is 0 Å². The first-order valence-electron chi connectivity index (χ1n) is 10.7. The van der Waals surface area contributed by atoms with Crippen molar-refractivity contribution < 1.29 is 9.59 Å². The van der Waals surface area contributed by atoms with Crippen molar-refractivity contribution >= 4 is 33.4 Å². The Bertz CT molecular complexity index is 938. The molecule has 2 aliphatic heterocycles. The van der Waals surface area contributed by atoms with Gasteiger partial charge in [-0.25, -0.2) is 0 Å². The molecular formula is C20H29N7O2S. The van der Waals surface area contributed by atoms with Crippen molar-refractivity contribution in [2.75, 3.05) is 29.4 Å². The lowest BCUT2D eigenvalue weighted by Gasteiger charge is -2.22. The van der Waals surface area contributed by atoms with Crippen molar-refractivity contribution in [3.05, 3.63) is 17.0 Å². The van der Waals surface area contributed by atoms with Gasteiger partial charge in [0.05, 0.1) is 5.69 Å². The first kappa shape index (κ1) is 20.8. The average molecular weight is 432 g/mol. The molecule has 0 bridgehead atoms. The van der Waals surface area contributed by atoms with Gasteiger partial charge in [0.15, 0.2) is 0 Å². The fraction of sp³-hybridized carbons (Fsp3) is 0.650. The van der Waals surface area contributed by atoms with Crippen molar-refractivity contribution in [1.29, 1.82) is 0 Å². The molecule has 0 aromatic carbocycles. The second-order valence-corrected chi connectivity index (χ2v) is 8.81. The molecule has 0 aliphatic carbocycles. The molecule has 4 rings (SSSR count). The Hall–Kier alpha value is -2.49. The van der Waals surface area contributed by atoms with Crippen molar-refractivity contribution in [1.82, 2.24) is 25.3 Å². The van der Waals surface area contributed by atoms with E-state index in [1.165, 1.54) is 22.6 Å². The number of aromatic nitrogens is 4. The zero-order valence-electron chi connectivity index (χ0n) is 17.8. The highest BCUT2D eigenvalue weighted by molar-refractivity contribution is 7.19. The molecule has 2 aliphatic rings. The molecule has 1 atom stereocenters. The van der Waals surface area contributed by atoms with Crippen LogP contribution in [0.4, 0.5) is 10.3 Å². The largest absolute Gasteiger partial charge is 0.354 e. The molecule has 4 heterocycles. The predicted molar refractivity (Wildman–Crippen MR) is 116 cm³/mol. The zero-order valence-corrected chi connectivity index (χ0v) is 18.7. The second kappa shape index (κ2) is 8.71. The van der Waals surface area contributed by atoms with Crippen LogP contribution in [0.25, 0.3) is 0 Å². The lowest BCUT2D eigenvalue weighted by molar-refractivity contribution is -0.122. The molecule has 2 aromatic heterocycles. The maximum Gasteiger partial charge on any atom is 0.242 e. The predicted octanol–water partition coefficient (Wildman–Crippen LogP) is 1.83. The third kappa shape index (κ3) is 3.92. The first-order chi connectivity index (χ1) is 14.5. The molecule has 2 saturated heterocycles. The van der Waals surface area contributed by atoms with E-state index < -0.39 is 0 Å². The summed E-state index contributed by atoms with van der Waals surface area (Å²) in [4.78, 5) is 28.6. The number of hydrogen-bond acceptors (Lipinski definition) is 7. The Morgan fingerprint density at radius 1 is 1.20 bits per heavy atom. The minimum Gasteiger partial charge on any atom is -0.354 e. The third-order valence-corrected chi connectivity index (χ3v) is 7.00. The number of nitrogens with one attached hydrogen (secondary N) is 1. The van der Waals surface area contributed by atoms with E-state index in [4.69, 9.17) is 0 Å². The van der Waals surface area contributed by atoms with Gasteiger partial charge in [-0.05, 0) is 52.0 Å². The monoisotopic (exact) mass is 431 g/mol. The normalized spacial score (nSPS) is 19.2. The molecule has 30 heavy (non-hydrogen) atoms. The van der Waals surface area contributed by atoms with E-state index >= 15 is 0 Å². The Morgan fingerprint density at radius 3 is 2.70 bits per heavy atom. The summed E-state index contributed by atoms with van der Waals surface area (Å²) in [6, 6.07) is -0.236. The van der Waals surface area contributed by atoms with Crippen LogP contribution in [0.15, 0.2) is 0 Å². The van der Waals surface area contributed by atoms with Gasteiger partial charge < -0.3 is 10.2 Å². The van der Waals surface area contributed by atoms with E-state index in [0.29, 0.717) is 24.6 Å². The average Bonchev–Trinajstić information content (AvgIpc) is 3.50. The summed E-state index contributed by atoms with van der Waals surface area (Å²) < 4.78 is 2.00. The van der Waals surface area contributed by atoms with Crippen LogP contribution in [0.2, 0.25) is 0 Å². The van der Waals surface area contributed by atoms with Crippen molar-refractivity contribution in [3.8, 4) is 0 Å². The van der Waals surface area contributed by atoms with Gasteiger partial charge in [-0.3, -0.25) is 19.2 Å². The van der Waals surface area contributed by atoms with E-state index in [2.05, 4.69) is 34.5 Å². The lowest BCUT2D eigenvalue weighted by atomic mass is 10.1. The van der Waals surface area contributed by atoms with Gasteiger partial charge in [0.1, 0.15) is 6.04 Å². The molecule has 1 N–H and O–H groups in total. The van der Waals surface area contributed by atoms with Crippen LogP contribution in [0.5, 0.6) is 0 Å². The maximum absolute atomic E-state index is 12.9. The minimum atomic E-state index is -0.236. The number of carbonyl (C=O) groups is 2. The van der Waals surface area contributed by atoms with Gasteiger partial charge in [-0.1, -0.05) is 11.3 Å². The van der Waals surface area contributed by atoms with Gasteiger partial charge in [0.2, 0.25) is 22.1 Å². The highest BCUT2D eigenvalue weighted by atomic mass is 32.1. The van der Waals surface area contributed by atoms with Crippen molar-refractivity contribution in [2.24, 2.45) is 0 Å². The summed E-state index contributed by atoms with van der Waals surface area (Å²) in [5.74, 6) is 0.130. The number of hydrogen-bond donors (Lipinski definition) is 1. The van der Waals surface area contributed by atoms with Crippen LogP contribution >= 0.6 is 11.3 Å². The van der Waals surface area contributed by atoms with Crippen LogP contribution < -0.4 is 15.1 Å². The number of nitrogens with zero attached hydrogens (tertiary/aromatic N) is 6. The molecule has 0 saturated carbocycles. The molecule has 0 spiro atoms. The van der Waals surface area contributed by atoms with Crippen molar-refractivity contribution in [2.45, 2.75) is 65.5 Å². The highest BCUT2D eigenvalue weighted by Crippen LogP contribution is 2.33. The summed E-state index contributed by atoms with van der Waals surface area (Å²) in [6.07, 6.45) is 3.95. The van der Waals surface area contributed by atoms with Crippen molar-refractivity contribution in [3.63, 3.8) is 0 Å². The SMILES string of the molecule is CCn1nc(C)c(CCNC(=O)C2CCCN2c2nnc(N3CCCC3=O)s2)c1C. The quantitative estimate of drug-likeness (QED) is 0.718. The molecule has 1 unspecified atom stereocenters. The Kier molecular flexibility index (Phi) is 6.03.